The van der Waals surface area contributed by atoms with Gasteiger partial charge in [-0.15, -0.1) is 0 Å². The van der Waals surface area contributed by atoms with Crippen LogP contribution in [0, 0.1) is 0 Å². The molecule has 0 atom stereocenters. The molecule has 2 rings (SSSR count). The van der Waals surface area contributed by atoms with Crippen molar-refractivity contribution in [2.75, 3.05) is 0 Å². The molecule has 0 amide bonds. The maximum absolute atomic E-state index is 2.52. The summed E-state index contributed by atoms with van der Waals surface area (Å²) in [6, 6.07) is 0. The van der Waals surface area contributed by atoms with Crippen molar-refractivity contribution in [3.8, 4) is 0 Å². The molecule has 0 heterocycles. The maximum atomic E-state index is 2.52. The first kappa shape index (κ1) is 17.5. The molecule has 80 valence electrons. The predicted molar refractivity (Wildman–Crippen MR) is 73.8 cm³/mol. The molecule has 0 N–H and O–H groups in total. The Morgan fingerprint density at radius 2 is 1.00 bits per heavy atom. The zero-order valence-corrected chi connectivity index (χ0v) is 15.2. The molecule has 2 aliphatic carbocycles. The van der Waals surface area contributed by atoms with E-state index in [2.05, 4.69) is 12.2 Å². The van der Waals surface area contributed by atoms with Crippen LogP contribution in [0.4, 0.5) is 0 Å². The summed E-state index contributed by atoms with van der Waals surface area (Å²) in [6.45, 7) is 0. The Labute approximate surface area is 145 Å². The molecule has 0 spiro atoms. The third-order valence-corrected chi connectivity index (χ3v) is 3.49. The van der Waals surface area contributed by atoms with Crippen molar-refractivity contribution in [3.63, 3.8) is 0 Å². The van der Waals surface area contributed by atoms with Gasteiger partial charge in [-0.1, -0.05) is 25.0 Å². The van der Waals surface area contributed by atoms with Crippen molar-refractivity contribution in [2.24, 2.45) is 0 Å². The van der Waals surface area contributed by atoms with E-state index in [0.29, 0.717) is 0 Å². The Hall–Kier alpha value is 1.48. The third kappa shape index (κ3) is 5.89. The van der Waals surface area contributed by atoms with Crippen molar-refractivity contribution in [1.29, 1.82) is 0 Å². The Bertz CT molecular complexity index is 215. The molecule has 0 saturated carbocycles. The zero-order chi connectivity index (χ0) is 9.64. The Kier molecular flexibility index (Phi) is 11.4. The molecule has 0 nitrogen and oxygen atoms in total. The maximum Gasteiger partial charge on any atom is 0 e. The second-order valence-corrected chi connectivity index (χ2v) is 4.66. The van der Waals surface area contributed by atoms with Gasteiger partial charge in [0.15, 0.2) is 0 Å². The van der Waals surface area contributed by atoms with E-state index >= 15 is 0 Å². The van der Waals surface area contributed by atoms with Gasteiger partial charge in [0.05, 0.1) is 0 Å². The number of allylic oxidation sites excluding steroid dienone is 4. The van der Waals surface area contributed by atoms with E-state index in [-0.39, 0.29) is 59.1 Å². The summed E-state index contributed by atoms with van der Waals surface area (Å²) in [4.78, 5) is 0. The summed E-state index contributed by atoms with van der Waals surface area (Å²) >= 11 is 0. The second kappa shape index (κ2) is 10.4. The van der Waals surface area contributed by atoms with Crippen LogP contribution < -0.4 is 0 Å². The van der Waals surface area contributed by atoms with E-state index < -0.39 is 0 Å². The average Bonchev–Trinajstić information content (AvgIpc) is 2.62. The van der Waals surface area contributed by atoms with Crippen LogP contribution >= 0.6 is 0 Å². The molecule has 16 heavy (non-hydrogen) atoms. The zero-order valence-electron chi connectivity index (χ0n) is 11.2. The summed E-state index contributed by atoms with van der Waals surface area (Å²) < 4.78 is 0. The fourth-order valence-electron chi connectivity index (χ4n) is 2.61. The molecule has 0 aromatic heterocycles. The molecule has 0 saturated heterocycles. The van der Waals surface area contributed by atoms with Gasteiger partial charge >= 0.3 is 0 Å². The fraction of sp³-hybridized carbons (Fsp3) is 0.714. The van der Waals surface area contributed by atoms with E-state index in [9.17, 15) is 0 Å². The van der Waals surface area contributed by atoms with Crippen molar-refractivity contribution < 1.29 is 0 Å². The molecule has 0 unspecified atom stereocenters. The molecule has 0 aromatic rings. The fourth-order valence-corrected chi connectivity index (χ4v) is 2.61. The normalized spacial score (nSPS) is 21.5. The van der Waals surface area contributed by atoms with Gasteiger partial charge in [-0.25, -0.2) is 0 Å². The minimum Gasteiger partial charge on any atom is -0.0811 e. The van der Waals surface area contributed by atoms with Crippen LogP contribution in [0.3, 0.4) is 0 Å². The molecule has 0 aliphatic heterocycles. The minimum atomic E-state index is 0. The Morgan fingerprint density at radius 1 is 0.562 bits per heavy atom. The van der Waals surface area contributed by atoms with E-state index in [1.165, 1.54) is 64.2 Å². The molecule has 0 aromatic carbocycles. The van der Waals surface area contributed by atoms with E-state index in [0.717, 1.165) is 0 Å². The monoisotopic (exact) mass is 236 g/mol. The molecule has 0 bridgehead atoms. The Balaban J connectivity index is 0.00000112. The van der Waals surface area contributed by atoms with Crippen molar-refractivity contribution in [3.05, 3.63) is 23.3 Å². The summed E-state index contributed by atoms with van der Waals surface area (Å²) in [5.41, 5.74) is 3.40. The topological polar surface area (TPSA) is 0 Å². The van der Waals surface area contributed by atoms with Gasteiger partial charge in [-0.3, -0.25) is 0 Å². The second-order valence-electron chi connectivity index (χ2n) is 4.66. The largest absolute Gasteiger partial charge is 0.0811 e. The molecular weight excluding hydrogens is 214 g/mol. The van der Waals surface area contributed by atoms with Crippen molar-refractivity contribution >= 4 is 59.1 Å². The molecule has 2 radical (unpaired) electrons. The van der Waals surface area contributed by atoms with Crippen LogP contribution in [0.5, 0.6) is 0 Å². The van der Waals surface area contributed by atoms with Crippen LogP contribution in [0.15, 0.2) is 23.3 Å². The van der Waals surface area contributed by atoms with Crippen molar-refractivity contribution in [1.82, 2.24) is 0 Å². The number of rotatable bonds is 1. The summed E-state index contributed by atoms with van der Waals surface area (Å²) in [5, 5.41) is 0. The van der Waals surface area contributed by atoms with E-state index in [4.69, 9.17) is 0 Å². The summed E-state index contributed by atoms with van der Waals surface area (Å²) in [6.07, 6.45) is 18.9. The number of hydrogen-bond acceptors (Lipinski definition) is 0. The van der Waals surface area contributed by atoms with Crippen LogP contribution in [0.2, 0.25) is 0 Å². The molecular formula is C14H22Na2. The third-order valence-electron chi connectivity index (χ3n) is 3.49. The van der Waals surface area contributed by atoms with Crippen LogP contribution in [-0.2, 0) is 0 Å². The van der Waals surface area contributed by atoms with Crippen molar-refractivity contribution in [2.45, 2.75) is 64.2 Å². The van der Waals surface area contributed by atoms with Crippen LogP contribution in [0.1, 0.15) is 64.2 Å². The summed E-state index contributed by atoms with van der Waals surface area (Å²) in [5.74, 6) is 0. The molecule has 0 fully saturated rings. The van der Waals surface area contributed by atoms with E-state index in [1.807, 2.05) is 0 Å². The quantitative estimate of drug-likeness (QED) is 0.603. The van der Waals surface area contributed by atoms with Gasteiger partial charge in [0.1, 0.15) is 0 Å². The van der Waals surface area contributed by atoms with Gasteiger partial charge in [0.25, 0.3) is 0 Å². The smallest absolute Gasteiger partial charge is 0 e. The van der Waals surface area contributed by atoms with Gasteiger partial charge in [0, 0.05) is 59.1 Å². The average molecular weight is 236 g/mol. The van der Waals surface area contributed by atoms with Gasteiger partial charge in [-0.2, -0.15) is 0 Å². The van der Waals surface area contributed by atoms with Gasteiger partial charge in [-0.05, 0) is 62.5 Å². The van der Waals surface area contributed by atoms with Crippen LogP contribution in [-0.4, -0.2) is 59.1 Å². The predicted octanol–water partition coefficient (Wildman–Crippen LogP) is 4.01. The Morgan fingerprint density at radius 3 is 1.44 bits per heavy atom. The first-order valence-electron chi connectivity index (χ1n) is 6.35. The first-order chi connectivity index (χ1) is 6.97. The minimum absolute atomic E-state index is 0. The van der Waals surface area contributed by atoms with Gasteiger partial charge < -0.3 is 0 Å². The van der Waals surface area contributed by atoms with Gasteiger partial charge in [0.2, 0.25) is 0 Å². The molecule has 2 aliphatic rings. The molecule has 2 heteroatoms. The standard InChI is InChI=1S/C14H22.2Na/c1-2-6-10-13(9-5-1)14-11-7-3-4-8-12-14;;/h9,11H,1-8,10,12H2;;. The number of hydrogen-bond donors (Lipinski definition) is 0. The SMILES string of the molecule is C1=C(C2=CCCCCC2)CCCCC1.[Na].[Na]. The summed E-state index contributed by atoms with van der Waals surface area (Å²) in [7, 11) is 0. The first-order valence-corrected chi connectivity index (χ1v) is 6.35. The van der Waals surface area contributed by atoms with E-state index in [1.54, 1.807) is 11.1 Å². The van der Waals surface area contributed by atoms with Crippen LogP contribution in [0.25, 0.3) is 0 Å².